The molecule has 2 aromatic rings. The van der Waals surface area contributed by atoms with Crippen molar-refractivity contribution >= 4 is 27.0 Å². The van der Waals surface area contributed by atoms with Gasteiger partial charge in [0.05, 0.1) is 11.0 Å². The maximum Gasteiger partial charge on any atom is 0.108 e. The molecular formula is C12H14BrN3. The Morgan fingerprint density at radius 2 is 2.31 bits per heavy atom. The zero-order valence-electron chi connectivity index (χ0n) is 8.96. The summed E-state index contributed by atoms with van der Waals surface area (Å²) in [6, 6.07) is 6.90. The molecule has 3 nitrogen and oxygen atoms in total. The van der Waals surface area contributed by atoms with E-state index in [9.17, 15) is 0 Å². The molecule has 1 heterocycles. The summed E-state index contributed by atoms with van der Waals surface area (Å²) in [6.07, 6.45) is 3.66. The first-order valence-corrected chi connectivity index (χ1v) is 6.48. The third-order valence-corrected chi connectivity index (χ3v) is 3.36. The lowest BCUT2D eigenvalue weighted by Gasteiger charge is -1.98. The van der Waals surface area contributed by atoms with Gasteiger partial charge in [0.2, 0.25) is 0 Å². The molecule has 1 fully saturated rings. The lowest BCUT2D eigenvalue weighted by atomic mass is 10.3. The molecule has 0 bridgehead atoms. The van der Waals surface area contributed by atoms with E-state index in [1.807, 2.05) is 12.1 Å². The van der Waals surface area contributed by atoms with Gasteiger partial charge < -0.3 is 10.3 Å². The number of fused-ring (bicyclic) bond motifs is 1. The normalized spacial score (nSPS) is 15.8. The van der Waals surface area contributed by atoms with Crippen molar-refractivity contribution in [2.75, 3.05) is 6.54 Å². The van der Waals surface area contributed by atoms with Gasteiger partial charge in [-0.25, -0.2) is 4.98 Å². The first-order valence-electron chi connectivity index (χ1n) is 5.69. The Kier molecular flexibility index (Phi) is 2.69. The topological polar surface area (TPSA) is 40.7 Å². The highest BCUT2D eigenvalue weighted by molar-refractivity contribution is 9.10. The maximum atomic E-state index is 4.55. The third-order valence-electron chi connectivity index (χ3n) is 2.87. The average Bonchev–Trinajstić information content (AvgIpc) is 2.98. The molecule has 0 atom stereocenters. The first-order chi connectivity index (χ1) is 7.81. The Morgan fingerprint density at radius 3 is 3.12 bits per heavy atom. The van der Waals surface area contributed by atoms with Gasteiger partial charge in [-0.1, -0.05) is 15.9 Å². The van der Waals surface area contributed by atoms with Crippen molar-refractivity contribution in [3.05, 3.63) is 28.5 Å². The Hall–Kier alpha value is -0.870. The van der Waals surface area contributed by atoms with Crippen molar-refractivity contribution in [1.82, 2.24) is 15.3 Å². The molecule has 1 saturated carbocycles. The molecule has 0 unspecified atom stereocenters. The van der Waals surface area contributed by atoms with Gasteiger partial charge >= 0.3 is 0 Å². The van der Waals surface area contributed by atoms with Crippen LogP contribution in [0, 0.1) is 0 Å². The summed E-state index contributed by atoms with van der Waals surface area (Å²) in [5.74, 6) is 1.07. The smallest absolute Gasteiger partial charge is 0.108 e. The molecule has 84 valence electrons. The molecule has 1 aromatic heterocycles. The number of H-pyrrole nitrogens is 1. The van der Waals surface area contributed by atoms with Gasteiger partial charge in [0.25, 0.3) is 0 Å². The van der Waals surface area contributed by atoms with E-state index in [0.717, 1.165) is 40.3 Å². The predicted molar refractivity (Wildman–Crippen MR) is 68.5 cm³/mol. The molecule has 0 saturated heterocycles. The number of nitrogens with zero attached hydrogens (tertiary/aromatic N) is 1. The van der Waals surface area contributed by atoms with Crippen LogP contribution in [-0.4, -0.2) is 22.6 Å². The summed E-state index contributed by atoms with van der Waals surface area (Å²) in [5, 5.41) is 3.49. The number of rotatable bonds is 4. The number of aromatic amines is 1. The summed E-state index contributed by atoms with van der Waals surface area (Å²) in [6.45, 7) is 1.02. The van der Waals surface area contributed by atoms with Crippen LogP contribution in [0.25, 0.3) is 11.0 Å². The van der Waals surface area contributed by atoms with Gasteiger partial charge in [-0.3, -0.25) is 0 Å². The van der Waals surface area contributed by atoms with Crippen LogP contribution in [0.1, 0.15) is 18.7 Å². The largest absolute Gasteiger partial charge is 0.342 e. The van der Waals surface area contributed by atoms with Crippen molar-refractivity contribution in [1.29, 1.82) is 0 Å². The fourth-order valence-electron chi connectivity index (χ4n) is 1.84. The molecule has 1 aliphatic carbocycles. The summed E-state index contributed by atoms with van der Waals surface area (Å²) in [7, 11) is 0. The monoisotopic (exact) mass is 279 g/mol. The molecule has 4 heteroatoms. The van der Waals surface area contributed by atoms with Crippen molar-refractivity contribution in [2.24, 2.45) is 0 Å². The van der Waals surface area contributed by atoms with Crippen LogP contribution in [0.2, 0.25) is 0 Å². The van der Waals surface area contributed by atoms with Crippen LogP contribution in [0.4, 0.5) is 0 Å². The Balaban J connectivity index is 1.71. The molecule has 3 rings (SSSR count). The predicted octanol–water partition coefficient (Wildman–Crippen LogP) is 2.62. The van der Waals surface area contributed by atoms with Gasteiger partial charge in [0.1, 0.15) is 5.82 Å². The standard InChI is InChI=1S/C12H14BrN3/c13-8-1-4-10-11(7-8)16-12(15-10)5-6-14-9-2-3-9/h1,4,7,9,14H,2-3,5-6H2,(H,15,16). The summed E-state index contributed by atoms with van der Waals surface area (Å²) in [4.78, 5) is 7.90. The molecule has 0 aliphatic heterocycles. The zero-order chi connectivity index (χ0) is 11.0. The molecule has 16 heavy (non-hydrogen) atoms. The van der Waals surface area contributed by atoms with Crippen LogP contribution in [0.15, 0.2) is 22.7 Å². The minimum absolute atomic E-state index is 0.776. The van der Waals surface area contributed by atoms with Crippen molar-refractivity contribution in [2.45, 2.75) is 25.3 Å². The quantitative estimate of drug-likeness (QED) is 0.903. The van der Waals surface area contributed by atoms with Crippen LogP contribution < -0.4 is 5.32 Å². The second kappa shape index (κ2) is 4.18. The van der Waals surface area contributed by atoms with Gasteiger partial charge in [-0.05, 0) is 31.0 Å². The van der Waals surface area contributed by atoms with Crippen LogP contribution in [0.5, 0.6) is 0 Å². The van der Waals surface area contributed by atoms with Crippen LogP contribution in [-0.2, 0) is 6.42 Å². The number of aromatic nitrogens is 2. The summed E-state index contributed by atoms with van der Waals surface area (Å²) in [5.41, 5.74) is 2.15. The number of halogens is 1. The van der Waals surface area contributed by atoms with E-state index in [-0.39, 0.29) is 0 Å². The number of hydrogen-bond donors (Lipinski definition) is 2. The minimum atomic E-state index is 0.776. The first kappa shape index (κ1) is 10.3. The van der Waals surface area contributed by atoms with Gasteiger partial charge in [0, 0.05) is 23.5 Å². The van der Waals surface area contributed by atoms with E-state index in [0.29, 0.717) is 0 Å². The van der Waals surface area contributed by atoms with E-state index in [1.165, 1.54) is 12.8 Å². The Labute approximate surface area is 103 Å². The molecule has 1 aliphatic rings. The lowest BCUT2D eigenvalue weighted by molar-refractivity contribution is 0.670. The second-order valence-electron chi connectivity index (χ2n) is 4.32. The lowest BCUT2D eigenvalue weighted by Crippen LogP contribution is -2.19. The van der Waals surface area contributed by atoms with Crippen molar-refractivity contribution in [3.63, 3.8) is 0 Å². The summed E-state index contributed by atoms with van der Waals surface area (Å²) < 4.78 is 1.09. The zero-order valence-corrected chi connectivity index (χ0v) is 10.5. The molecule has 0 amide bonds. The molecular weight excluding hydrogens is 266 g/mol. The Morgan fingerprint density at radius 1 is 1.44 bits per heavy atom. The van der Waals surface area contributed by atoms with E-state index in [2.05, 4.69) is 37.3 Å². The molecule has 1 aromatic carbocycles. The van der Waals surface area contributed by atoms with Crippen LogP contribution >= 0.6 is 15.9 Å². The van der Waals surface area contributed by atoms with E-state index in [4.69, 9.17) is 0 Å². The molecule has 2 N–H and O–H groups in total. The Bertz CT molecular complexity index is 502. The number of hydrogen-bond acceptors (Lipinski definition) is 2. The van der Waals surface area contributed by atoms with Gasteiger partial charge in [0.15, 0.2) is 0 Å². The fourth-order valence-corrected chi connectivity index (χ4v) is 2.20. The van der Waals surface area contributed by atoms with E-state index in [1.54, 1.807) is 0 Å². The molecule has 0 radical (unpaired) electrons. The van der Waals surface area contributed by atoms with Gasteiger partial charge in [-0.2, -0.15) is 0 Å². The fraction of sp³-hybridized carbons (Fsp3) is 0.417. The summed E-state index contributed by atoms with van der Waals surface area (Å²) >= 11 is 3.46. The van der Waals surface area contributed by atoms with Crippen molar-refractivity contribution < 1.29 is 0 Å². The number of nitrogens with one attached hydrogen (secondary N) is 2. The average molecular weight is 280 g/mol. The minimum Gasteiger partial charge on any atom is -0.342 e. The second-order valence-corrected chi connectivity index (χ2v) is 5.24. The number of imidazole rings is 1. The highest BCUT2D eigenvalue weighted by atomic mass is 79.9. The highest BCUT2D eigenvalue weighted by Crippen LogP contribution is 2.19. The highest BCUT2D eigenvalue weighted by Gasteiger charge is 2.19. The number of benzene rings is 1. The SMILES string of the molecule is Brc1ccc2nc(CCNC3CC3)[nH]c2c1. The van der Waals surface area contributed by atoms with E-state index >= 15 is 0 Å². The van der Waals surface area contributed by atoms with Crippen molar-refractivity contribution in [3.8, 4) is 0 Å². The third kappa shape index (κ3) is 2.28. The van der Waals surface area contributed by atoms with E-state index < -0.39 is 0 Å². The van der Waals surface area contributed by atoms with Crippen LogP contribution in [0.3, 0.4) is 0 Å². The van der Waals surface area contributed by atoms with Gasteiger partial charge in [-0.15, -0.1) is 0 Å². The molecule has 0 spiro atoms. The maximum absolute atomic E-state index is 4.55.